The van der Waals surface area contributed by atoms with E-state index >= 15 is 0 Å². The summed E-state index contributed by atoms with van der Waals surface area (Å²) >= 11 is 0. The van der Waals surface area contributed by atoms with Gasteiger partial charge in [-0.2, -0.15) is 5.26 Å². The Bertz CT molecular complexity index is 634. The second kappa shape index (κ2) is 9.61. The Morgan fingerprint density at radius 1 is 1.00 bits per heavy atom. The van der Waals surface area contributed by atoms with Crippen LogP contribution in [0.25, 0.3) is 0 Å². The first kappa shape index (κ1) is 20.2. The van der Waals surface area contributed by atoms with Crippen LogP contribution < -0.4 is 0 Å². The maximum Gasteiger partial charge on any atom is 0.184 e. The van der Waals surface area contributed by atoms with Gasteiger partial charge in [-0.15, -0.1) is 0 Å². The highest BCUT2D eigenvalue weighted by Gasteiger charge is 2.32. The lowest BCUT2D eigenvalue weighted by Gasteiger charge is -2.38. The molecule has 1 heterocycles. The zero-order valence-electron chi connectivity index (χ0n) is 16.1. The molecule has 2 aliphatic rings. The van der Waals surface area contributed by atoms with Gasteiger partial charge in [0.05, 0.1) is 13.2 Å². The number of benzene rings is 1. The van der Waals surface area contributed by atoms with Crippen molar-refractivity contribution in [2.75, 3.05) is 13.2 Å². The molecule has 1 aromatic rings. The lowest BCUT2D eigenvalue weighted by molar-refractivity contribution is -0.215. The number of nitriles is 1. The molecule has 27 heavy (non-hydrogen) atoms. The summed E-state index contributed by atoms with van der Waals surface area (Å²) in [5, 5.41) is 8.77. The van der Waals surface area contributed by atoms with Crippen molar-refractivity contribution in [2.45, 2.75) is 64.6 Å². The van der Waals surface area contributed by atoms with Crippen molar-refractivity contribution in [1.29, 1.82) is 5.26 Å². The van der Waals surface area contributed by atoms with Gasteiger partial charge in [-0.1, -0.05) is 45.4 Å². The third-order valence-electron chi connectivity index (χ3n) is 6.15. The van der Waals surface area contributed by atoms with Gasteiger partial charge in [0.1, 0.15) is 23.3 Å². The smallest absolute Gasteiger partial charge is 0.184 e. The Balaban J connectivity index is 1.48. The summed E-state index contributed by atoms with van der Waals surface area (Å²) in [6.45, 7) is 3.35. The van der Waals surface area contributed by atoms with Crippen LogP contribution in [-0.2, 0) is 9.47 Å². The third-order valence-corrected chi connectivity index (χ3v) is 6.15. The van der Waals surface area contributed by atoms with Crippen LogP contribution in [0.2, 0.25) is 0 Å². The predicted molar refractivity (Wildman–Crippen MR) is 98.8 cm³/mol. The fourth-order valence-electron chi connectivity index (χ4n) is 4.45. The minimum atomic E-state index is -0.872. The first-order valence-electron chi connectivity index (χ1n) is 10.2. The van der Waals surface area contributed by atoms with Crippen LogP contribution in [0.1, 0.15) is 75.7 Å². The standard InChI is InChI=1S/C22H29F2NO2/c1-2-3-4-5-15-6-8-16(9-7-15)18-13-26-22(27-14-18)17-10-20(23)19(12-25)21(24)11-17/h10-11,15-16,18,22H,2-9,13-14H2,1H3/t15-,16-,18-,22-. The van der Waals surface area contributed by atoms with Crippen LogP contribution in [0.15, 0.2) is 12.1 Å². The number of halogens is 2. The first-order valence-corrected chi connectivity index (χ1v) is 10.2. The van der Waals surface area contributed by atoms with E-state index in [1.54, 1.807) is 0 Å². The van der Waals surface area contributed by atoms with Gasteiger partial charge < -0.3 is 9.47 Å². The Labute approximate surface area is 160 Å². The molecule has 0 unspecified atom stereocenters. The fourth-order valence-corrected chi connectivity index (χ4v) is 4.45. The molecule has 148 valence electrons. The number of nitrogens with zero attached hydrogens (tertiary/aromatic N) is 1. The molecule has 1 saturated carbocycles. The molecule has 1 aromatic carbocycles. The van der Waals surface area contributed by atoms with Crippen LogP contribution in [-0.4, -0.2) is 13.2 Å². The van der Waals surface area contributed by atoms with Gasteiger partial charge in [0.2, 0.25) is 0 Å². The minimum Gasteiger partial charge on any atom is -0.348 e. The van der Waals surface area contributed by atoms with Crippen LogP contribution in [0.4, 0.5) is 8.78 Å². The number of hydrogen-bond acceptors (Lipinski definition) is 3. The highest BCUT2D eigenvalue weighted by Crippen LogP contribution is 2.39. The van der Waals surface area contributed by atoms with Crippen molar-refractivity contribution in [3.63, 3.8) is 0 Å². The van der Waals surface area contributed by atoms with Crippen LogP contribution in [0, 0.1) is 40.7 Å². The van der Waals surface area contributed by atoms with Gasteiger partial charge in [-0.05, 0) is 36.8 Å². The number of hydrogen-bond donors (Lipinski definition) is 0. The Kier molecular flexibility index (Phi) is 7.20. The van der Waals surface area contributed by atoms with E-state index in [9.17, 15) is 8.78 Å². The molecule has 0 amide bonds. The summed E-state index contributed by atoms with van der Waals surface area (Å²) in [7, 11) is 0. The molecule has 2 fully saturated rings. The zero-order valence-corrected chi connectivity index (χ0v) is 16.1. The quantitative estimate of drug-likeness (QED) is 0.581. The Hall–Kier alpha value is -1.51. The van der Waals surface area contributed by atoms with Crippen molar-refractivity contribution in [3.8, 4) is 6.07 Å². The van der Waals surface area contributed by atoms with E-state index in [-0.39, 0.29) is 0 Å². The first-order chi connectivity index (χ1) is 13.1. The predicted octanol–water partition coefficient (Wildman–Crippen LogP) is 5.88. The molecule has 1 aliphatic carbocycles. The molecule has 0 bridgehead atoms. The minimum absolute atomic E-state index is 0.294. The van der Waals surface area contributed by atoms with E-state index in [1.165, 1.54) is 57.4 Å². The summed E-state index contributed by atoms with van der Waals surface area (Å²) in [6.07, 6.45) is 9.58. The van der Waals surface area contributed by atoms with E-state index in [0.717, 1.165) is 18.1 Å². The van der Waals surface area contributed by atoms with Gasteiger partial charge >= 0.3 is 0 Å². The Morgan fingerprint density at radius 3 is 2.19 bits per heavy atom. The molecule has 3 nitrogen and oxygen atoms in total. The lowest BCUT2D eigenvalue weighted by atomic mass is 9.74. The molecule has 0 spiro atoms. The average molecular weight is 377 g/mol. The molecule has 0 atom stereocenters. The van der Waals surface area contributed by atoms with Crippen LogP contribution >= 0.6 is 0 Å². The molecule has 0 aromatic heterocycles. The van der Waals surface area contributed by atoms with E-state index in [0.29, 0.717) is 30.6 Å². The van der Waals surface area contributed by atoms with E-state index < -0.39 is 23.5 Å². The van der Waals surface area contributed by atoms with Crippen molar-refractivity contribution >= 4 is 0 Å². The fraction of sp³-hybridized carbons (Fsp3) is 0.682. The molecule has 1 aliphatic heterocycles. The van der Waals surface area contributed by atoms with Crippen molar-refractivity contribution in [2.24, 2.45) is 17.8 Å². The summed E-state index contributed by atoms with van der Waals surface area (Å²) in [4.78, 5) is 0. The molecule has 1 saturated heterocycles. The summed E-state index contributed by atoms with van der Waals surface area (Å²) in [6, 6.07) is 3.80. The summed E-state index contributed by atoms with van der Waals surface area (Å²) < 4.78 is 39.2. The Morgan fingerprint density at radius 2 is 1.63 bits per heavy atom. The molecular formula is C22H29F2NO2. The van der Waals surface area contributed by atoms with E-state index in [1.807, 2.05) is 0 Å². The molecule has 5 heteroatoms. The normalized spacial score (nSPS) is 28.7. The van der Waals surface area contributed by atoms with Crippen molar-refractivity contribution in [1.82, 2.24) is 0 Å². The summed E-state index contributed by atoms with van der Waals surface area (Å²) in [5.74, 6) is 0.0933. The second-order valence-electron chi connectivity index (χ2n) is 8.01. The number of unbranched alkanes of at least 4 members (excludes halogenated alkanes) is 2. The van der Waals surface area contributed by atoms with Gasteiger partial charge in [0.15, 0.2) is 6.29 Å². The van der Waals surface area contributed by atoms with Gasteiger partial charge in [-0.3, -0.25) is 0 Å². The number of rotatable bonds is 6. The largest absolute Gasteiger partial charge is 0.348 e. The third kappa shape index (κ3) is 5.06. The summed E-state index contributed by atoms with van der Waals surface area (Å²) in [5.41, 5.74) is -0.273. The number of ether oxygens (including phenoxy) is 2. The zero-order chi connectivity index (χ0) is 19.2. The van der Waals surface area contributed by atoms with Crippen LogP contribution in [0.3, 0.4) is 0 Å². The van der Waals surface area contributed by atoms with Gasteiger partial charge in [0, 0.05) is 11.5 Å². The molecule has 0 N–H and O–H groups in total. The molecule has 0 radical (unpaired) electrons. The molecule has 3 rings (SSSR count). The van der Waals surface area contributed by atoms with Crippen molar-refractivity contribution in [3.05, 3.63) is 34.9 Å². The van der Waals surface area contributed by atoms with E-state index in [2.05, 4.69) is 6.92 Å². The average Bonchev–Trinajstić information content (AvgIpc) is 2.69. The highest BCUT2D eigenvalue weighted by molar-refractivity contribution is 5.35. The van der Waals surface area contributed by atoms with Gasteiger partial charge in [0.25, 0.3) is 0 Å². The lowest BCUT2D eigenvalue weighted by Crippen LogP contribution is -2.34. The molecular weight excluding hydrogens is 348 g/mol. The van der Waals surface area contributed by atoms with Gasteiger partial charge in [-0.25, -0.2) is 8.78 Å². The maximum absolute atomic E-state index is 13.8. The maximum atomic E-state index is 13.8. The van der Waals surface area contributed by atoms with E-state index in [4.69, 9.17) is 14.7 Å². The highest BCUT2D eigenvalue weighted by atomic mass is 19.1. The van der Waals surface area contributed by atoms with Crippen LogP contribution in [0.5, 0.6) is 0 Å². The second-order valence-corrected chi connectivity index (χ2v) is 8.01. The topological polar surface area (TPSA) is 42.2 Å². The van der Waals surface area contributed by atoms with Crippen molar-refractivity contribution < 1.29 is 18.3 Å². The SMILES string of the molecule is CCCCC[C@H]1CC[C@H]([C@H]2CO[C@H](c3cc(F)c(C#N)c(F)c3)OC2)CC1. The monoisotopic (exact) mass is 377 g/mol.